The van der Waals surface area contributed by atoms with Crippen molar-refractivity contribution in [3.63, 3.8) is 0 Å². The Labute approximate surface area is 59.4 Å². The van der Waals surface area contributed by atoms with Gasteiger partial charge in [0.25, 0.3) is 0 Å². The molecule has 9 heavy (non-hydrogen) atoms. The van der Waals surface area contributed by atoms with Crippen LogP contribution in [0.1, 0.15) is 40.5 Å². The summed E-state index contributed by atoms with van der Waals surface area (Å²) in [5.41, 5.74) is 0. The molecular weight excluding hydrogens is 112 g/mol. The molecule has 0 N–H and O–H groups in total. The third-order valence-electron chi connectivity index (χ3n) is 1.10. The summed E-state index contributed by atoms with van der Waals surface area (Å²) in [6.45, 7) is 8.25. The fraction of sp³-hybridized carbons (Fsp3) is 1.00. The Morgan fingerprint density at radius 2 is 1.78 bits per heavy atom. The maximum Gasteiger partial charge on any atom is 0.0543 e. The zero-order chi connectivity index (χ0) is 7.70. The van der Waals surface area contributed by atoms with Gasteiger partial charge in [-0.1, -0.05) is 27.2 Å². The lowest BCUT2D eigenvalue weighted by molar-refractivity contribution is 0.110. The first kappa shape index (κ1) is 11.7. The van der Waals surface area contributed by atoms with Gasteiger partial charge < -0.3 is 4.74 Å². The highest BCUT2D eigenvalue weighted by atomic mass is 16.5. The first-order chi connectivity index (χ1) is 4.31. The lowest BCUT2D eigenvalue weighted by Gasteiger charge is -2.04. The van der Waals surface area contributed by atoms with Crippen LogP contribution in [0.4, 0.5) is 0 Å². The van der Waals surface area contributed by atoms with Crippen LogP contribution in [0.25, 0.3) is 0 Å². The molecule has 1 atom stereocenters. The summed E-state index contributed by atoms with van der Waals surface area (Å²) >= 11 is 0. The van der Waals surface area contributed by atoms with Crippen molar-refractivity contribution in [2.45, 2.75) is 46.6 Å². The van der Waals surface area contributed by atoms with E-state index in [1.807, 2.05) is 13.8 Å². The fourth-order valence-electron chi connectivity index (χ4n) is 0.524. The lowest BCUT2D eigenvalue weighted by Crippen LogP contribution is -2.02. The van der Waals surface area contributed by atoms with Crippen LogP contribution in [0, 0.1) is 0 Å². The molecule has 0 fully saturated rings. The highest BCUT2D eigenvalue weighted by Crippen LogP contribution is 1.96. The largest absolute Gasteiger partial charge is 0.382 e. The third kappa shape index (κ3) is 11.5. The van der Waals surface area contributed by atoms with Gasteiger partial charge in [0.15, 0.2) is 0 Å². The van der Waals surface area contributed by atoms with E-state index in [1.165, 1.54) is 12.8 Å². The molecule has 0 bridgehead atoms. The predicted octanol–water partition coefficient (Wildman–Crippen LogP) is 2.85. The van der Waals surface area contributed by atoms with E-state index >= 15 is 0 Å². The molecule has 0 saturated heterocycles. The maximum atomic E-state index is 4.99. The molecule has 0 aromatic heterocycles. The third-order valence-corrected chi connectivity index (χ3v) is 1.10. The molecule has 0 radical (unpaired) electrons. The van der Waals surface area contributed by atoms with Crippen LogP contribution in [0.5, 0.6) is 0 Å². The number of methoxy groups -OCH3 is 1. The minimum Gasteiger partial charge on any atom is -0.382 e. The fourth-order valence-corrected chi connectivity index (χ4v) is 0.524. The molecule has 0 aromatic rings. The molecule has 58 valence electrons. The highest BCUT2D eigenvalue weighted by molar-refractivity contribution is 4.43. The van der Waals surface area contributed by atoms with Crippen molar-refractivity contribution in [2.24, 2.45) is 0 Å². The molecule has 1 unspecified atom stereocenters. The Bertz CT molecular complexity index is 35.5. The Kier molecular flexibility index (Phi) is 14.1. The van der Waals surface area contributed by atoms with E-state index in [9.17, 15) is 0 Å². The van der Waals surface area contributed by atoms with Gasteiger partial charge in [0, 0.05) is 7.11 Å². The van der Waals surface area contributed by atoms with Crippen LogP contribution in [0.15, 0.2) is 0 Å². The second kappa shape index (κ2) is 10.9. The predicted molar refractivity (Wildman–Crippen MR) is 42.7 cm³/mol. The van der Waals surface area contributed by atoms with Crippen LogP contribution in [-0.4, -0.2) is 13.2 Å². The van der Waals surface area contributed by atoms with Crippen molar-refractivity contribution in [3.05, 3.63) is 0 Å². The van der Waals surface area contributed by atoms with Crippen LogP contribution in [-0.2, 0) is 4.74 Å². The Hall–Kier alpha value is -0.0400. The smallest absolute Gasteiger partial charge is 0.0543 e. The van der Waals surface area contributed by atoms with Crippen LogP contribution in [0.3, 0.4) is 0 Å². The monoisotopic (exact) mass is 132 g/mol. The molecule has 0 aromatic carbocycles. The molecule has 0 amide bonds. The molecular formula is C8H20O. The molecule has 0 heterocycles. The van der Waals surface area contributed by atoms with Gasteiger partial charge in [0.05, 0.1) is 6.10 Å². The summed E-state index contributed by atoms with van der Waals surface area (Å²) in [6.07, 6.45) is 2.84. The van der Waals surface area contributed by atoms with Gasteiger partial charge in [-0.2, -0.15) is 0 Å². The van der Waals surface area contributed by atoms with E-state index in [2.05, 4.69) is 13.8 Å². The summed E-state index contributed by atoms with van der Waals surface area (Å²) in [4.78, 5) is 0. The Morgan fingerprint density at radius 3 is 1.89 bits per heavy atom. The molecule has 1 nitrogen and oxygen atoms in total. The maximum absolute atomic E-state index is 4.99. The van der Waals surface area contributed by atoms with Crippen molar-refractivity contribution in [1.29, 1.82) is 0 Å². The number of ether oxygens (including phenoxy) is 1. The minimum absolute atomic E-state index is 0.449. The first-order valence-electron chi connectivity index (χ1n) is 3.84. The zero-order valence-electron chi connectivity index (χ0n) is 7.40. The van der Waals surface area contributed by atoms with Crippen LogP contribution in [0.2, 0.25) is 0 Å². The van der Waals surface area contributed by atoms with Crippen LogP contribution < -0.4 is 0 Å². The van der Waals surface area contributed by atoms with Crippen LogP contribution >= 0.6 is 0 Å². The van der Waals surface area contributed by atoms with E-state index in [0.29, 0.717) is 6.10 Å². The number of rotatable bonds is 3. The van der Waals surface area contributed by atoms with Crippen molar-refractivity contribution in [1.82, 2.24) is 0 Å². The summed E-state index contributed by atoms with van der Waals surface area (Å²) in [6, 6.07) is 0. The van der Waals surface area contributed by atoms with Crippen molar-refractivity contribution < 1.29 is 4.74 Å². The van der Waals surface area contributed by atoms with Gasteiger partial charge in [-0.25, -0.2) is 0 Å². The molecule has 0 saturated carbocycles. The van der Waals surface area contributed by atoms with Gasteiger partial charge in [-0.3, -0.25) is 0 Å². The normalized spacial score (nSPS) is 11.7. The van der Waals surface area contributed by atoms with Gasteiger partial charge in [0.2, 0.25) is 0 Å². The van der Waals surface area contributed by atoms with Crippen molar-refractivity contribution in [3.8, 4) is 0 Å². The van der Waals surface area contributed by atoms with Crippen molar-refractivity contribution >= 4 is 0 Å². The molecule has 0 aliphatic carbocycles. The van der Waals surface area contributed by atoms with Gasteiger partial charge in [0.1, 0.15) is 0 Å². The van der Waals surface area contributed by atoms with Gasteiger partial charge >= 0.3 is 0 Å². The topological polar surface area (TPSA) is 9.23 Å². The Balaban J connectivity index is 0. The Morgan fingerprint density at radius 1 is 1.33 bits per heavy atom. The molecule has 0 aliphatic rings. The number of hydrogen-bond donors (Lipinski definition) is 0. The van der Waals surface area contributed by atoms with Gasteiger partial charge in [-0.15, -0.1) is 0 Å². The zero-order valence-corrected chi connectivity index (χ0v) is 7.40. The van der Waals surface area contributed by atoms with Crippen molar-refractivity contribution in [2.75, 3.05) is 7.11 Å². The first-order valence-corrected chi connectivity index (χ1v) is 3.84. The highest BCUT2D eigenvalue weighted by Gasteiger charge is 1.92. The SMILES string of the molecule is CC.CCCC(C)OC. The van der Waals surface area contributed by atoms with E-state index in [0.717, 1.165) is 0 Å². The van der Waals surface area contributed by atoms with E-state index in [1.54, 1.807) is 7.11 Å². The summed E-state index contributed by atoms with van der Waals surface area (Å²) in [5.74, 6) is 0. The van der Waals surface area contributed by atoms with E-state index in [-0.39, 0.29) is 0 Å². The number of hydrogen-bond acceptors (Lipinski definition) is 1. The van der Waals surface area contributed by atoms with Gasteiger partial charge in [-0.05, 0) is 13.3 Å². The molecule has 1 heteroatoms. The average molecular weight is 132 g/mol. The minimum atomic E-state index is 0.449. The summed E-state index contributed by atoms with van der Waals surface area (Å²) in [5, 5.41) is 0. The summed E-state index contributed by atoms with van der Waals surface area (Å²) in [7, 11) is 1.75. The molecule has 0 rings (SSSR count). The standard InChI is InChI=1S/C6H14O.C2H6/c1-4-5-6(2)7-3;1-2/h6H,4-5H2,1-3H3;1-2H3. The second-order valence-electron chi connectivity index (χ2n) is 1.83. The summed E-state index contributed by atoms with van der Waals surface area (Å²) < 4.78 is 4.99. The lowest BCUT2D eigenvalue weighted by atomic mass is 10.2. The average Bonchev–Trinajstić information content (AvgIpc) is 1.93. The molecule has 0 spiro atoms. The quantitative estimate of drug-likeness (QED) is 0.573. The molecule has 0 aliphatic heterocycles. The van der Waals surface area contributed by atoms with E-state index < -0.39 is 0 Å². The second-order valence-corrected chi connectivity index (χ2v) is 1.83. The van der Waals surface area contributed by atoms with E-state index in [4.69, 9.17) is 4.74 Å².